The molecule has 46 heavy (non-hydrogen) atoms. The monoisotopic (exact) mass is 643 g/mol. The summed E-state index contributed by atoms with van der Waals surface area (Å²) in [4.78, 5) is 16.1. The molecule has 246 valence electrons. The van der Waals surface area contributed by atoms with E-state index in [2.05, 4.69) is 0 Å². The number of likely N-dealkylation sites (tertiary alicyclic amines) is 1. The molecule has 6 nitrogen and oxygen atoms in total. The topological polar surface area (TPSA) is 56.3 Å². The number of piperidine rings is 1. The second kappa shape index (κ2) is 12.8. The third-order valence-corrected chi connectivity index (χ3v) is 9.85. The van der Waals surface area contributed by atoms with Crippen molar-refractivity contribution in [2.24, 2.45) is 5.41 Å². The van der Waals surface area contributed by atoms with Gasteiger partial charge >= 0.3 is 12.1 Å². The van der Waals surface area contributed by atoms with Gasteiger partial charge in [-0.3, -0.25) is 14.6 Å². The standard InChI is InChI=1S/C35H38F5N3O3/c1-23-15-25-16-27(46-20-24-5-3-2-4-6-24)7-8-28(25)33(43(23)22-35(38,39)40)32-29(36)17-26(18-30(32)37)42-14-11-34(21-42)9-12-41(13-10-34)19-31(44)45/h2-8,16-18,23,33H,9-15,19-22H2,1H3,(H,44,45)/t23-,33?/m1/s1. The van der Waals surface area contributed by atoms with Gasteiger partial charge in [-0.15, -0.1) is 0 Å². The fourth-order valence-electron chi connectivity index (χ4n) is 7.46. The number of rotatable bonds is 8. The number of alkyl halides is 3. The van der Waals surface area contributed by atoms with Crippen LogP contribution in [0.4, 0.5) is 27.6 Å². The Kier molecular flexibility index (Phi) is 9.00. The lowest BCUT2D eigenvalue weighted by Crippen LogP contribution is -2.47. The van der Waals surface area contributed by atoms with E-state index in [1.807, 2.05) is 40.1 Å². The average molecular weight is 644 g/mol. The molecule has 1 N–H and O–H groups in total. The number of hydrogen-bond donors (Lipinski definition) is 1. The molecule has 11 heteroatoms. The largest absolute Gasteiger partial charge is 0.489 e. The van der Waals surface area contributed by atoms with Crippen molar-refractivity contribution in [3.05, 3.63) is 94.6 Å². The Morgan fingerprint density at radius 2 is 1.65 bits per heavy atom. The van der Waals surface area contributed by atoms with Crippen LogP contribution in [0.1, 0.15) is 54.5 Å². The fourth-order valence-corrected chi connectivity index (χ4v) is 7.46. The third-order valence-electron chi connectivity index (χ3n) is 9.85. The quantitative estimate of drug-likeness (QED) is 0.272. The van der Waals surface area contributed by atoms with E-state index in [1.165, 1.54) is 12.1 Å². The summed E-state index contributed by atoms with van der Waals surface area (Å²) in [6.07, 6.45) is -1.90. The summed E-state index contributed by atoms with van der Waals surface area (Å²) in [6.45, 7) is 3.11. The number of fused-ring (bicyclic) bond motifs is 1. The van der Waals surface area contributed by atoms with Crippen LogP contribution in [0.5, 0.6) is 5.75 Å². The first kappa shape index (κ1) is 32.2. The Balaban J connectivity index is 1.27. The van der Waals surface area contributed by atoms with Gasteiger partial charge in [-0.25, -0.2) is 8.78 Å². The van der Waals surface area contributed by atoms with Gasteiger partial charge in [0.15, 0.2) is 0 Å². The highest BCUT2D eigenvalue weighted by atomic mass is 19.4. The van der Waals surface area contributed by atoms with E-state index in [0.717, 1.165) is 29.7 Å². The van der Waals surface area contributed by atoms with Crippen LogP contribution in [-0.4, -0.2) is 72.4 Å². The zero-order valence-electron chi connectivity index (χ0n) is 25.7. The van der Waals surface area contributed by atoms with E-state index in [1.54, 1.807) is 25.1 Å². The second-order valence-electron chi connectivity index (χ2n) is 13.0. The Morgan fingerprint density at radius 3 is 2.30 bits per heavy atom. The average Bonchev–Trinajstić information content (AvgIpc) is 3.41. The lowest BCUT2D eigenvalue weighted by Gasteiger charge is -2.43. The number of hydrogen-bond acceptors (Lipinski definition) is 5. The second-order valence-corrected chi connectivity index (χ2v) is 13.0. The van der Waals surface area contributed by atoms with Crippen LogP contribution in [0.3, 0.4) is 0 Å². The van der Waals surface area contributed by atoms with E-state index < -0.39 is 48.0 Å². The van der Waals surface area contributed by atoms with Gasteiger partial charge in [0.25, 0.3) is 0 Å². The summed E-state index contributed by atoms with van der Waals surface area (Å²) in [6, 6.07) is 15.2. The number of nitrogens with zero attached hydrogens (tertiary/aromatic N) is 3. The zero-order valence-corrected chi connectivity index (χ0v) is 25.7. The number of aliphatic carboxylic acids is 1. The molecule has 3 aromatic carbocycles. The molecule has 0 aromatic heterocycles. The normalized spacial score (nSPS) is 21.8. The molecule has 0 saturated carbocycles. The van der Waals surface area contributed by atoms with Crippen LogP contribution in [0.15, 0.2) is 60.7 Å². The van der Waals surface area contributed by atoms with Gasteiger partial charge in [-0.2, -0.15) is 13.2 Å². The van der Waals surface area contributed by atoms with E-state index >= 15 is 8.78 Å². The maximum atomic E-state index is 16.1. The Hall–Kier alpha value is -3.70. The number of carboxylic acids is 1. The number of carboxylic acid groups (broad SMARTS) is 1. The SMILES string of the molecule is C[C@@H]1Cc2cc(OCc3ccccc3)ccc2C(c2c(F)cc(N3CCC4(CCN(CC(=O)O)CC4)C3)cc2F)N1CC(F)(F)F. The van der Waals surface area contributed by atoms with E-state index in [0.29, 0.717) is 55.3 Å². The minimum absolute atomic E-state index is 0.00598. The van der Waals surface area contributed by atoms with Crippen molar-refractivity contribution in [3.8, 4) is 5.75 Å². The summed E-state index contributed by atoms with van der Waals surface area (Å²) in [5, 5.41) is 9.11. The van der Waals surface area contributed by atoms with E-state index in [4.69, 9.17) is 9.84 Å². The lowest BCUT2D eigenvalue weighted by atomic mass is 9.78. The molecule has 3 aliphatic rings. The van der Waals surface area contributed by atoms with Crippen LogP contribution in [0.2, 0.25) is 0 Å². The first-order valence-electron chi connectivity index (χ1n) is 15.7. The predicted octanol–water partition coefficient (Wildman–Crippen LogP) is 6.82. The van der Waals surface area contributed by atoms with E-state index in [9.17, 15) is 18.0 Å². The molecule has 2 atom stereocenters. The maximum Gasteiger partial charge on any atom is 0.401 e. The van der Waals surface area contributed by atoms with Crippen molar-refractivity contribution in [2.45, 2.75) is 57.5 Å². The number of halogens is 5. The lowest BCUT2D eigenvalue weighted by molar-refractivity contribution is -0.155. The highest BCUT2D eigenvalue weighted by Crippen LogP contribution is 2.45. The summed E-state index contributed by atoms with van der Waals surface area (Å²) >= 11 is 0. The first-order valence-corrected chi connectivity index (χ1v) is 15.7. The first-order chi connectivity index (χ1) is 21.9. The Morgan fingerprint density at radius 1 is 0.978 bits per heavy atom. The highest BCUT2D eigenvalue weighted by molar-refractivity contribution is 5.69. The minimum Gasteiger partial charge on any atom is -0.489 e. The van der Waals surface area contributed by atoms with Crippen molar-refractivity contribution in [3.63, 3.8) is 0 Å². The molecule has 3 heterocycles. The van der Waals surface area contributed by atoms with Gasteiger partial charge in [-0.1, -0.05) is 36.4 Å². The number of ether oxygens (including phenoxy) is 1. The van der Waals surface area contributed by atoms with Gasteiger partial charge in [0.2, 0.25) is 0 Å². The molecule has 0 radical (unpaired) electrons. The molecule has 0 bridgehead atoms. The number of benzene rings is 3. The Bertz CT molecular complexity index is 1540. The predicted molar refractivity (Wildman–Crippen MR) is 164 cm³/mol. The minimum atomic E-state index is -4.57. The van der Waals surface area contributed by atoms with Crippen LogP contribution in [0, 0.1) is 17.0 Å². The highest BCUT2D eigenvalue weighted by Gasteiger charge is 2.44. The van der Waals surface area contributed by atoms with Gasteiger partial charge in [0.05, 0.1) is 19.1 Å². The smallest absolute Gasteiger partial charge is 0.401 e. The van der Waals surface area contributed by atoms with Crippen molar-refractivity contribution in [2.75, 3.05) is 44.2 Å². The molecule has 3 aliphatic heterocycles. The van der Waals surface area contributed by atoms with Gasteiger partial charge in [0, 0.05) is 30.4 Å². The van der Waals surface area contributed by atoms with Crippen molar-refractivity contribution in [1.82, 2.24) is 9.80 Å². The van der Waals surface area contributed by atoms with Crippen LogP contribution < -0.4 is 9.64 Å². The van der Waals surface area contributed by atoms with Crippen LogP contribution >= 0.6 is 0 Å². The molecule has 6 rings (SSSR count). The molecular weight excluding hydrogens is 605 g/mol. The Labute approximate surface area is 265 Å². The van der Waals surface area contributed by atoms with Crippen LogP contribution in [-0.2, 0) is 17.8 Å². The van der Waals surface area contributed by atoms with Gasteiger partial charge < -0.3 is 14.7 Å². The summed E-state index contributed by atoms with van der Waals surface area (Å²) < 4.78 is 79.7. The molecule has 2 saturated heterocycles. The molecule has 3 aromatic rings. The maximum absolute atomic E-state index is 16.1. The number of carbonyl (C=O) groups is 1. The van der Waals surface area contributed by atoms with Crippen molar-refractivity contribution in [1.29, 1.82) is 0 Å². The summed E-state index contributed by atoms with van der Waals surface area (Å²) in [5.41, 5.74) is 1.98. The third kappa shape index (κ3) is 7.00. The molecule has 1 spiro atoms. The molecule has 0 amide bonds. The van der Waals surface area contributed by atoms with Crippen molar-refractivity contribution >= 4 is 11.7 Å². The summed E-state index contributed by atoms with van der Waals surface area (Å²) in [5.74, 6) is -2.09. The fraction of sp³-hybridized carbons (Fsp3) is 0.457. The van der Waals surface area contributed by atoms with Crippen molar-refractivity contribution < 1.29 is 36.6 Å². The van der Waals surface area contributed by atoms with Gasteiger partial charge in [-0.05, 0) is 92.1 Å². The van der Waals surface area contributed by atoms with E-state index in [-0.39, 0.29) is 18.4 Å². The molecule has 1 unspecified atom stereocenters. The molecule has 0 aliphatic carbocycles. The van der Waals surface area contributed by atoms with Crippen LogP contribution in [0.25, 0.3) is 0 Å². The zero-order chi connectivity index (χ0) is 32.6. The van der Waals surface area contributed by atoms with Gasteiger partial charge in [0.1, 0.15) is 24.0 Å². The molecular formula is C35H38F5N3O3. The molecule has 2 fully saturated rings. The summed E-state index contributed by atoms with van der Waals surface area (Å²) in [7, 11) is 0. The number of anilines is 1.